The van der Waals surface area contributed by atoms with Crippen molar-refractivity contribution in [3.8, 4) is 0 Å². The quantitative estimate of drug-likeness (QED) is 0.923. The van der Waals surface area contributed by atoms with E-state index in [1.165, 1.54) is 11.3 Å². The van der Waals surface area contributed by atoms with Gasteiger partial charge in [-0.05, 0) is 39.2 Å². The minimum absolute atomic E-state index is 0.163. The molecule has 19 heavy (non-hydrogen) atoms. The van der Waals surface area contributed by atoms with Crippen molar-refractivity contribution in [1.82, 2.24) is 14.9 Å². The zero-order chi connectivity index (χ0) is 13.2. The SMILES string of the molecule is O=C(Cc1cccnc1)N1CCc2[nH]c(Br)cc2C1. The van der Waals surface area contributed by atoms with Gasteiger partial charge >= 0.3 is 0 Å². The molecule has 3 rings (SSSR count). The predicted molar refractivity (Wildman–Crippen MR) is 75.6 cm³/mol. The number of nitrogens with one attached hydrogen (secondary N) is 1. The first-order chi connectivity index (χ1) is 9.22. The zero-order valence-corrected chi connectivity index (χ0v) is 12.0. The van der Waals surface area contributed by atoms with Crippen LogP contribution < -0.4 is 0 Å². The molecular formula is C14H14BrN3O. The van der Waals surface area contributed by atoms with Crippen molar-refractivity contribution >= 4 is 21.8 Å². The molecule has 0 fully saturated rings. The van der Waals surface area contributed by atoms with Gasteiger partial charge in [-0.15, -0.1) is 0 Å². The molecule has 1 N–H and O–H groups in total. The lowest BCUT2D eigenvalue weighted by Crippen LogP contribution is -2.36. The van der Waals surface area contributed by atoms with Crippen molar-refractivity contribution < 1.29 is 4.79 Å². The average molecular weight is 320 g/mol. The highest BCUT2D eigenvalue weighted by Crippen LogP contribution is 2.22. The van der Waals surface area contributed by atoms with E-state index in [-0.39, 0.29) is 5.91 Å². The van der Waals surface area contributed by atoms with Crippen molar-refractivity contribution in [3.63, 3.8) is 0 Å². The van der Waals surface area contributed by atoms with E-state index >= 15 is 0 Å². The van der Waals surface area contributed by atoms with Crippen LogP contribution in [0.5, 0.6) is 0 Å². The molecule has 1 amide bonds. The summed E-state index contributed by atoms with van der Waals surface area (Å²) in [5, 5.41) is 0. The number of rotatable bonds is 2. The Balaban J connectivity index is 1.69. The molecule has 0 bridgehead atoms. The normalized spacial score (nSPS) is 14.3. The lowest BCUT2D eigenvalue weighted by Gasteiger charge is -2.27. The van der Waals surface area contributed by atoms with Crippen LogP contribution in [0.1, 0.15) is 16.8 Å². The lowest BCUT2D eigenvalue weighted by molar-refractivity contribution is -0.131. The van der Waals surface area contributed by atoms with E-state index in [1.54, 1.807) is 12.4 Å². The minimum Gasteiger partial charge on any atom is -0.353 e. The first-order valence-corrected chi connectivity index (χ1v) is 7.04. The minimum atomic E-state index is 0.163. The molecule has 0 spiro atoms. The maximum atomic E-state index is 12.3. The number of halogens is 1. The summed E-state index contributed by atoms with van der Waals surface area (Å²) in [5.41, 5.74) is 3.41. The lowest BCUT2D eigenvalue weighted by atomic mass is 10.1. The molecule has 2 aromatic heterocycles. The molecule has 0 aromatic carbocycles. The number of carbonyl (C=O) groups excluding carboxylic acids is 1. The van der Waals surface area contributed by atoms with E-state index in [2.05, 4.69) is 32.0 Å². The number of nitrogens with zero attached hydrogens (tertiary/aromatic N) is 2. The molecule has 0 atom stereocenters. The molecule has 0 aliphatic carbocycles. The van der Waals surface area contributed by atoms with Gasteiger partial charge in [-0.25, -0.2) is 0 Å². The Morgan fingerprint density at radius 1 is 1.53 bits per heavy atom. The largest absolute Gasteiger partial charge is 0.353 e. The molecule has 98 valence electrons. The molecule has 1 aliphatic rings. The average Bonchev–Trinajstić information content (AvgIpc) is 2.78. The van der Waals surface area contributed by atoms with Crippen LogP contribution >= 0.6 is 15.9 Å². The monoisotopic (exact) mass is 319 g/mol. The van der Waals surface area contributed by atoms with E-state index in [1.807, 2.05) is 17.0 Å². The summed E-state index contributed by atoms with van der Waals surface area (Å²) >= 11 is 3.44. The number of fused-ring (bicyclic) bond motifs is 1. The van der Waals surface area contributed by atoms with Gasteiger partial charge in [-0.2, -0.15) is 0 Å². The van der Waals surface area contributed by atoms with Crippen LogP contribution in [0.4, 0.5) is 0 Å². The fourth-order valence-corrected chi connectivity index (χ4v) is 2.91. The maximum absolute atomic E-state index is 12.3. The van der Waals surface area contributed by atoms with Crippen LogP contribution in [-0.2, 0) is 24.2 Å². The van der Waals surface area contributed by atoms with Crippen LogP contribution in [0.25, 0.3) is 0 Å². The van der Waals surface area contributed by atoms with Gasteiger partial charge in [0.1, 0.15) is 0 Å². The first kappa shape index (κ1) is 12.4. The molecule has 4 nitrogen and oxygen atoms in total. The van der Waals surface area contributed by atoms with Crippen LogP contribution in [0.2, 0.25) is 0 Å². The third kappa shape index (κ3) is 2.71. The van der Waals surface area contributed by atoms with E-state index in [9.17, 15) is 4.79 Å². The van der Waals surface area contributed by atoms with Crippen LogP contribution in [-0.4, -0.2) is 27.3 Å². The van der Waals surface area contributed by atoms with Crippen molar-refractivity contribution in [1.29, 1.82) is 0 Å². The Morgan fingerprint density at radius 3 is 3.21 bits per heavy atom. The smallest absolute Gasteiger partial charge is 0.227 e. The Hall–Kier alpha value is -1.62. The Bertz CT molecular complexity index is 594. The fraction of sp³-hybridized carbons (Fsp3) is 0.286. The van der Waals surface area contributed by atoms with E-state index in [0.717, 1.165) is 23.1 Å². The van der Waals surface area contributed by atoms with Crippen molar-refractivity contribution in [3.05, 3.63) is 52.0 Å². The molecule has 0 unspecified atom stereocenters. The highest BCUT2D eigenvalue weighted by Gasteiger charge is 2.22. The standard InChI is InChI=1S/C14H14BrN3O/c15-13-7-11-9-18(5-3-12(11)17-13)14(19)6-10-2-1-4-16-8-10/h1-2,4,7-8,17H,3,5-6,9H2. The van der Waals surface area contributed by atoms with Crippen molar-refractivity contribution in [2.45, 2.75) is 19.4 Å². The van der Waals surface area contributed by atoms with Crippen LogP contribution in [0, 0.1) is 0 Å². The Morgan fingerprint density at radius 2 is 2.42 bits per heavy atom. The number of aromatic amines is 1. The van der Waals surface area contributed by atoms with E-state index in [0.29, 0.717) is 13.0 Å². The number of carbonyl (C=O) groups is 1. The summed E-state index contributed by atoms with van der Waals surface area (Å²) in [6.45, 7) is 1.47. The number of pyridine rings is 1. The van der Waals surface area contributed by atoms with E-state index < -0.39 is 0 Å². The molecule has 5 heteroatoms. The predicted octanol–water partition coefficient (Wildman–Crippen LogP) is 2.30. The summed E-state index contributed by atoms with van der Waals surface area (Å²) in [5.74, 6) is 0.163. The molecule has 0 radical (unpaired) electrons. The second-order valence-corrected chi connectivity index (χ2v) is 5.58. The van der Waals surface area contributed by atoms with Gasteiger partial charge in [0.15, 0.2) is 0 Å². The van der Waals surface area contributed by atoms with Crippen molar-refractivity contribution in [2.75, 3.05) is 6.54 Å². The Kier molecular flexibility index (Phi) is 3.38. The van der Waals surface area contributed by atoms with Gasteiger partial charge in [0.25, 0.3) is 0 Å². The molecule has 3 heterocycles. The van der Waals surface area contributed by atoms with Gasteiger partial charge in [0, 0.05) is 37.6 Å². The number of hydrogen-bond donors (Lipinski definition) is 1. The third-order valence-electron chi connectivity index (χ3n) is 3.38. The molecular weight excluding hydrogens is 306 g/mol. The number of H-pyrrole nitrogens is 1. The fourth-order valence-electron chi connectivity index (χ4n) is 2.40. The first-order valence-electron chi connectivity index (χ1n) is 6.25. The summed E-state index contributed by atoms with van der Waals surface area (Å²) in [6, 6.07) is 5.85. The number of amides is 1. The number of aromatic nitrogens is 2. The molecule has 0 saturated carbocycles. The second-order valence-electron chi connectivity index (χ2n) is 4.72. The summed E-state index contributed by atoms with van der Waals surface area (Å²) in [7, 11) is 0. The molecule has 2 aromatic rings. The van der Waals surface area contributed by atoms with Gasteiger partial charge < -0.3 is 9.88 Å². The topological polar surface area (TPSA) is 49.0 Å². The molecule has 1 aliphatic heterocycles. The summed E-state index contributed by atoms with van der Waals surface area (Å²) < 4.78 is 0.985. The summed E-state index contributed by atoms with van der Waals surface area (Å²) in [6.07, 6.45) is 4.78. The number of hydrogen-bond acceptors (Lipinski definition) is 2. The third-order valence-corrected chi connectivity index (χ3v) is 3.81. The second kappa shape index (κ2) is 5.17. The highest BCUT2D eigenvalue weighted by atomic mass is 79.9. The van der Waals surface area contributed by atoms with Crippen LogP contribution in [0.3, 0.4) is 0 Å². The van der Waals surface area contributed by atoms with Gasteiger partial charge in [-0.3, -0.25) is 9.78 Å². The van der Waals surface area contributed by atoms with Crippen molar-refractivity contribution in [2.24, 2.45) is 0 Å². The summed E-state index contributed by atoms with van der Waals surface area (Å²) in [4.78, 5) is 21.5. The van der Waals surface area contributed by atoms with Gasteiger partial charge in [-0.1, -0.05) is 6.07 Å². The Labute approximate surface area is 120 Å². The van der Waals surface area contributed by atoms with Gasteiger partial charge in [0.2, 0.25) is 5.91 Å². The van der Waals surface area contributed by atoms with Gasteiger partial charge in [0.05, 0.1) is 11.0 Å². The zero-order valence-electron chi connectivity index (χ0n) is 10.4. The molecule has 0 saturated heterocycles. The maximum Gasteiger partial charge on any atom is 0.227 e. The van der Waals surface area contributed by atoms with E-state index in [4.69, 9.17) is 0 Å². The van der Waals surface area contributed by atoms with Crippen LogP contribution in [0.15, 0.2) is 35.2 Å². The highest BCUT2D eigenvalue weighted by molar-refractivity contribution is 9.10.